The van der Waals surface area contributed by atoms with Gasteiger partial charge in [0, 0.05) is 0 Å². The van der Waals surface area contributed by atoms with Crippen molar-refractivity contribution < 1.29 is 9.47 Å². The quantitative estimate of drug-likeness (QED) is 0.716. The molecule has 0 amide bonds. The molecule has 0 aliphatic heterocycles. The van der Waals surface area contributed by atoms with Gasteiger partial charge in [-0.15, -0.1) is 0 Å². The van der Waals surface area contributed by atoms with Crippen LogP contribution in [-0.4, -0.2) is 20.8 Å². The van der Waals surface area contributed by atoms with Crippen LogP contribution in [0.5, 0.6) is 11.5 Å². The van der Waals surface area contributed by atoms with Crippen LogP contribution in [0.2, 0.25) is 0 Å². The molecule has 2 aromatic rings. The van der Waals surface area contributed by atoms with E-state index in [1.807, 2.05) is 24.3 Å². The van der Waals surface area contributed by atoms with Crippen LogP contribution in [0, 0.1) is 5.92 Å². The Bertz CT molecular complexity index is 545. The molecule has 2 aromatic carbocycles. The number of rotatable bonds is 9. The Kier molecular flexibility index (Phi) is 7.13. The van der Waals surface area contributed by atoms with Crippen molar-refractivity contribution in [1.82, 2.24) is 5.32 Å². The highest BCUT2D eigenvalue weighted by Crippen LogP contribution is 2.26. The molecule has 0 heterocycles. The largest absolute Gasteiger partial charge is 0.497 e. The second-order valence-corrected chi connectivity index (χ2v) is 6.24. The molecule has 1 N–H and O–H groups in total. The first-order valence-electron chi connectivity index (χ1n) is 8.69. The summed E-state index contributed by atoms with van der Waals surface area (Å²) in [6.45, 7) is 5.55. The van der Waals surface area contributed by atoms with Gasteiger partial charge in [0.25, 0.3) is 0 Å². The third-order valence-corrected chi connectivity index (χ3v) is 4.58. The summed E-state index contributed by atoms with van der Waals surface area (Å²) in [5.74, 6) is 2.50. The number of hydrogen-bond donors (Lipinski definition) is 1. The Morgan fingerprint density at radius 1 is 0.833 bits per heavy atom. The van der Waals surface area contributed by atoms with Crippen LogP contribution in [0.4, 0.5) is 0 Å². The summed E-state index contributed by atoms with van der Waals surface area (Å²) in [6.07, 6.45) is 2.40. The molecule has 0 aliphatic rings. The second-order valence-electron chi connectivity index (χ2n) is 6.24. The molecule has 24 heavy (non-hydrogen) atoms. The van der Waals surface area contributed by atoms with Gasteiger partial charge in [0.05, 0.1) is 20.3 Å². The first kappa shape index (κ1) is 18.3. The van der Waals surface area contributed by atoms with Crippen LogP contribution >= 0.6 is 0 Å². The van der Waals surface area contributed by atoms with Crippen molar-refractivity contribution in [3.8, 4) is 11.5 Å². The van der Waals surface area contributed by atoms with Gasteiger partial charge < -0.3 is 14.8 Å². The van der Waals surface area contributed by atoms with Gasteiger partial charge in [-0.25, -0.2) is 0 Å². The van der Waals surface area contributed by atoms with Crippen LogP contribution < -0.4 is 14.8 Å². The van der Waals surface area contributed by atoms with Gasteiger partial charge in [0.2, 0.25) is 0 Å². The van der Waals surface area contributed by atoms with Gasteiger partial charge >= 0.3 is 0 Å². The number of hydrogen-bond acceptors (Lipinski definition) is 3. The Morgan fingerprint density at radius 2 is 1.29 bits per heavy atom. The first-order chi connectivity index (χ1) is 11.7. The summed E-state index contributed by atoms with van der Waals surface area (Å²) >= 11 is 0. The summed E-state index contributed by atoms with van der Waals surface area (Å²) in [7, 11) is 3.39. The topological polar surface area (TPSA) is 30.5 Å². The number of methoxy groups -OCH3 is 2. The predicted molar refractivity (Wildman–Crippen MR) is 99.9 cm³/mol. The second kappa shape index (κ2) is 9.33. The standard InChI is InChI=1S/C21H29NO2/c1-5-16(2)14-15-22-21(17-6-10-19(23-3)11-7-17)18-8-12-20(24-4)13-9-18/h6-13,16,21-22H,5,14-15H2,1-4H3. The molecule has 0 saturated heterocycles. The summed E-state index contributed by atoms with van der Waals surface area (Å²) in [5.41, 5.74) is 2.48. The van der Waals surface area contributed by atoms with Crippen LogP contribution in [-0.2, 0) is 0 Å². The predicted octanol–water partition coefficient (Wildman–Crippen LogP) is 4.82. The van der Waals surface area contributed by atoms with Gasteiger partial charge in [0.1, 0.15) is 11.5 Å². The van der Waals surface area contributed by atoms with Crippen molar-refractivity contribution in [2.75, 3.05) is 20.8 Å². The zero-order chi connectivity index (χ0) is 17.4. The minimum atomic E-state index is 0.172. The van der Waals surface area contributed by atoms with Crippen molar-refractivity contribution in [3.05, 3.63) is 59.7 Å². The van der Waals surface area contributed by atoms with E-state index in [0.717, 1.165) is 24.0 Å². The molecule has 0 spiro atoms. The van der Waals surface area contributed by atoms with E-state index in [0.29, 0.717) is 0 Å². The summed E-state index contributed by atoms with van der Waals surface area (Å²) in [5, 5.41) is 3.71. The molecule has 0 radical (unpaired) electrons. The van der Waals surface area contributed by atoms with E-state index in [-0.39, 0.29) is 6.04 Å². The van der Waals surface area contributed by atoms with Crippen LogP contribution in [0.3, 0.4) is 0 Å². The first-order valence-corrected chi connectivity index (χ1v) is 8.69. The Labute approximate surface area is 146 Å². The molecule has 1 atom stereocenters. The average molecular weight is 327 g/mol. The number of ether oxygens (including phenoxy) is 2. The molecule has 2 rings (SSSR count). The van der Waals surface area contributed by atoms with Crippen LogP contribution in [0.25, 0.3) is 0 Å². The van der Waals surface area contributed by atoms with Gasteiger partial charge in [-0.3, -0.25) is 0 Å². The smallest absolute Gasteiger partial charge is 0.118 e. The Hall–Kier alpha value is -2.00. The number of benzene rings is 2. The maximum atomic E-state index is 5.28. The zero-order valence-corrected chi connectivity index (χ0v) is 15.2. The zero-order valence-electron chi connectivity index (χ0n) is 15.2. The average Bonchev–Trinajstić information content (AvgIpc) is 2.65. The van der Waals surface area contributed by atoms with Crippen molar-refractivity contribution in [2.45, 2.75) is 32.7 Å². The van der Waals surface area contributed by atoms with Gasteiger partial charge in [-0.05, 0) is 54.3 Å². The van der Waals surface area contributed by atoms with Crippen LogP contribution in [0.1, 0.15) is 43.9 Å². The summed E-state index contributed by atoms with van der Waals surface area (Å²) in [6, 6.07) is 16.8. The molecule has 0 aromatic heterocycles. The third kappa shape index (κ3) is 5.00. The molecule has 0 bridgehead atoms. The van der Waals surface area contributed by atoms with Gasteiger partial charge in [-0.2, -0.15) is 0 Å². The highest BCUT2D eigenvalue weighted by molar-refractivity contribution is 5.37. The Balaban J connectivity index is 2.18. The van der Waals surface area contributed by atoms with E-state index in [9.17, 15) is 0 Å². The molecule has 0 aliphatic carbocycles. The molecular formula is C21H29NO2. The fraction of sp³-hybridized carbons (Fsp3) is 0.429. The summed E-state index contributed by atoms with van der Waals surface area (Å²) < 4.78 is 10.6. The SMILES string of the molecule is CCC(C)CCNC(c1ccc(OC)cc1)c1ccc(OC)cc1. The van der Waals surface area contributed by atoms with E-state index in [1.54, 1.807) is 14.2 Å². The minimum Gasteiger partial charge on any atom is -0.497 e. The normalized spacial score (nSPS) is 12.2. The lowest BCUT2D eigenvalue weighted by Gasteiger charge is -2.21. The lowest BCUT2D eigenvalue weighted by molar-refractivity contribution is 0.414. The van der Waals surface area contributed by atoms with E-state index in [4.69, 9.17) is 9.47 Å². The molecule has 3 heteroatoms. The maximum Gasteiger partial charge on any atom is 0.118 e. The van der Waals surface area contributed by atoms with Crippen molar-refractivity contribution >= 4 is 0 Å². The fourth-order valence-electron chi connectivity index (χ4n) is 2.70. The molecular weight excluding hydrogens is 298 g/mol. The number of nitrogens with one attached hydrogen (secondary N) is 1. The van der Waals surface area contributed by atoms with E-state index in [1.165, 1.54) is 24.0 Å². The third-order valence-electron chi connectivity index (χ3n) is 4.58. The summed E-state index contributed by atoms with van der Waals surface area (Å²) in [4.78, 5) is 0. The van der Waals surface area contributed by atoms with Gasteiger partial charge in [0.15, 0.2) is 0 Å². The highest BCUT2D eigenvalue weighted by Gasteiger charge is 2.14. The molecule has 130 valence electrons. The monoisotopic (exact) mass is 327 g/mol. The molecule has 0 fully saturated rings. The lowest BCUT2D eigenvalue weighted by atomic mass is 9.97. The van der Waals surface area contributed by atoms with Crippen molar-refractivity contribution in [3.63, 3.8) is 0 Å². The fourth-order valence-corrected chi connectivity index (χ4v) is 2.70. The van der Waals surface area contributed by atoms with Crippen molar-refractivity contribution in [1.29, 1.82) is 0 Å². The van der Waals surface area contributed by atoms with Crippen LogP contribution in [0.15, 0.2) is 48.5 Å². The van der Waals surface area contributed by atoms with E-state index >= 15 is 0 Å². The molecule has 3 nitrogen and oxygen atoms in total. The van der Waals surface area contributed by atoms with E-state index in [2.05, 4.69) is 43.4 Å². The maximum absolute atomic E-state index is 5.28. The highest BCUT2D eigenvalue weighted by atomic mass is 16.5. The van der Waals surface area contributed by atoms with Gasteiger partial charge in [-0.1, -0.05) is 44.5 Å². The molecule has 0 saturated carbocycles. The Morgan fingerprint density at radius 3 is 1.67 bits per heavy atom. The molecule has 1 unspecified atom stereocenters. The lowest BCUT2D eigenvalue weighted by Crippen LogP contribution is -2.24. The minimum absolute atomic E-state index is 0.172. The van der Waals surface area contributed by atoms with Crippen molar-refractivity contribution in [2.24, 2.45) is 5.92 Å². The van der Waals surface area contributed by atoms with E-state index < -0.39 is 0 Å².